The lowest BCUT2D eigenvalue weighted by Crippen LogP contribution is -2.28. The maximum absolute atomic E-state index is 12.2. The number of amides is 1. The Morgan fingerprint density at radius 3 is 2.55 bits per heavy atom. The van der Waals surface area contributed by atoms with Gasteiger partial charge in [-0.3, -0.25) is 4.79 Å². The molecule has 1 fully saturated rings. The lowest BCUT2D eigenvalue weighted by Gasteiger charge is -2.24. The van der Waals surface area contributed by atoms with E-state index in [0.29, 0.717) is 28.9 Å². The van der Waals surface area contributed by atoms with Crippen molar-refractivity contribution in [3.8, 4) is 0 Å². The summed E-state index contributed by atoms with van der Waals surface area (Å²) in [6, 6.07) is 5.52. The van der Waals surface area contributed by atoms with Gasteiger partial charge in [0.15, 0.2) is 0 Å². The molecule has 0 unspecified atom stereocenters. The first-order chi connectivity index (χ1) is 9.56. The molecule has 2 rings (SSSR count). The molecule has 0 atom stereocenters. The van der Waals surface area contributed by atoms with Gasteiger partial charge in [0.25, 0.3) is 0 Å². The van der Waals surface area contributed by atoms with Crippen LogP contribution in [-0.2, 0) is 11.3 Å². The number of benzene rings is 1. The standard InChI is InChI=1S/C16H21Cl2NO/c1-19(11-13-7-8-14(17)15(18)9-13)16(20)10-12-5-3-2-4-6-12/h7-9,12H,2-6,10-11H2,1H3. The monoisotopic (exact) mass is 313 g/mol. The predicted molar refractivity (Wildman–Crippen MR) is 84.1 cm³/mol. The van der Waals surface area contributed by atoms with Crippen LogP contribution in [0.4, 0.5) is 0 Å². The Morgan fingerprint density at radius 2 is 1.90 bits per heavy atom. The minimum atomic E-state index is 0.225. The van der Waals surface area contributed by atoms with Gasteiger partial charge in [-0.1, -0.05) is 48.5 Å². The molecular formula is C16H21Cl2NO. The summed E-state index contributed by atoms with van der Waals surface area (Å²) in [6.07, 6.45) is 6.95. The molecule has 20 heavy (non-hydrogen) atoms. The lowest BCUT2D eigenvalue weighted by molar-refractivity contribution is -0.131. The van der Waals surface area contributed by atoms with Crippen molar-refractivity contribution in [2.24, 2.45) is 5.92 Å². The molecule has 0 aliphatic heterocycles. The number of carbonyl (C=O) groups excluding carboxylic acids is 1. The number of hydrogen-bond donors (Lipinski definition) is 0. The topological polar surface area (TPSA) is 20.3 Å². The highest BCUT2D eigenvalue weighted by atomic mass is 35.5. The van der Waals surface area contributed by atoms with Crippen LogP contribution in [0.2, 0.25) is 10.0 Å². The van der Waals surface area contributed by atoms with E-state index in [4.69, 9.17) is 23.2 Å². The van der Waals surface area contributed by atoms with Crippen molar-refractivity contribution in [3.63, 3.8) is 0 Å². The molecule has 1 aromatic carbocycles. The first-order valence-corrected chi connectivity index (χ1v) is 7.99. The Bertz CT molecular complexity index is 470. The summed E-state index contributed by atoms with van der Waals surface area (Å²) in [5.74, 6) is 0.801. The molecule has 1 aromatic rings. The van der Waals surface area contributed by atoms with Gasteiger partial charge in [0.2, 0.25) is 5.91 Å². The number of halogens is 2. The summed E-state index contributed by atoms with van der Waals surface area (Å²) in [7, 11) is 1.85. The first-order valence-electron chi connectivity index (χ1n) is 7.24. The molecule has 0 N–H and O–H groups in total. The highest BCUT2D eigenvalue weighted by molar-refractivity contribution is 6.42. The third-order valence-electron chi connectivity index (χ3n) is 4.02. The molecule has 0 aromatic heterocycles. The Balaban J connectivity index is 1.88. The van der Waals surface area contributed by atoms with Crippen LogP contribution >= 0.6 is 23.2 Å². The first kappa shape index (κ1) is 15.7. The molecule has 4 heteroatoms. The van der Waals surface area contributed by atoms with Gasteiger partial charge in [0, 0.05) is 20.0 Å². The van der Waals surface area contributed by atoms with Gasteiger partial charge >= 0.3 is 0 Å². The second-order valence-corrected chi connectivity index (χ2v) is 6.52. The molecule has 1 aliphatic rings. The fourth-order valence-electron chi connectivity index (χ4n) is 2.79. The molecule has 0 bridgehead atoms. The molecule has 0 radical (unpaired) electrons. The lowest BCUT2D eigenvalue weighted by atomic mass is 9.86. The van der Waals surface area contributed by atoms with Gasteiger partial charge < -0.3 is 4.90 Å². The average Bonchev–Trinajstić information content (AvgIpc) is 2.44. The Morgan fingerprint density at radius 1 is 1.20 bits per heavy atom. The predicted octanol–water partition coefficient (Wildman–Crippen LogP) is 4.92. The molecule has 1 aliphatic carbocycles. The normalized spacial score (nSPS) is 16.1. The van der Waals surface area contributed by atoms with Gasteiger partial charge in [0.1, 0.15) is 0 Å². The van der Waals surface area contributed by atoms with Crippen LogP contribution in [0.15, 0.2) is 18.2 Å². The summed E-state index contributed by atoms with van der Waals surface area (Å²) in [5.41, 5.74) is 1.01. The smallest absolute Gasteiger partial charge is 0.222 e. The van der Waals surface area contributed by atoms with Crippen molar-refractivity contribution < 1.29 is 4.79 Å². The van der Waals surface area contributed by atoms with Crippen LogP contribution in [0.1, 0.15) is 44.1 Å². The fourth-order valence-corrected chi connectivity index (χ4v) is 3.11. The summed E-state index contributed by atoms with van der Waals surface area (Å²) in [6.45, 7) is 0.586. The summed E-state index contributed by atoms with van der Waals surface area (Å²) >= 11 is 11.9. The molecule has 1 saturated carbocycles. The van der Waals surface area contributed by atoms with E-state index in [2.05, 4.69) is 0 Å². The van der Waals surface area contributed by atoms with E-state index < -0.39 is 0 Å². The van der Waals surface area contributed by atoms with E-state index in [1.165, 1.54) is 32.1 Å². The second kappa shape index (κ2) is 7.33. The van der Waals surface area contributed by atoms with Gasteiger partial charge in [-0.15, -0.1) is 0 Å². The number of carbonyl (C=O) groups is 1. The summed E-state index contributed by atoms with van der Waals surface area (Å²) < 4.78 is 0. The number of rotatable bonds is 4. The van der Waals surface area contributed by atoms with Gasteiger partial charge in [0.05, 0.1) is 10.0 Å². The minimum absolute atomic E-state index is 0.225. The highest BCUT2D eigenvalue weighted by Crippen LogP contribution is 2.27. The summed E-state index contributed by atoms with van der Waals surface area (Å²) in [5, 5.41) is 1.09. The SMILES string of the molecule is CN(Cc1ccc(Cl)c(Cl)c1)C(=O)CC1CCCCC1. The average molecular weight is 314 g/mol. The Kier molecular flexibility index (Phi) is 5.74. The van der Waals surface area contributed by atoms with Crippen molar-refractivity contribution in [2.45, 2.75) is 45.1 Å². The van der Waals surface area contributed by atoms with Crippen LogP contribution < -0.4 is 0 Å². The zero-order chi connectivity index (χ0) is 14.5. The fraction of sp³-hybridized carbons (Fsp3) is 0.562. The quantitative estimate of drug-likeness (QED) is 0.772. The van der Waals surface area contributed by atoms with Crippen molar-refractivity contribution in [2.75, 3.05) is 7.05 Å². The van der Waals surface area contributed by atoms with Crippen molar-refractivity contribution in [1.29, 1.82) is 0 Å². The Hall–Kier alpha value is -0.730. The third-order valence-corrected chi connectivity index (χ3v) is 4.76. The molecule has 0 spiro atoms. The van der Waals surface area contributed by atoms with Crippen molar-refractivity contribution in [3.05, 3.63) is 33.8 Å². The van der Waals surface area contributed by atoms with Crippen LogP contribution in [0, 0.1) is 5.92 Å². The molecule has 110 valence electrons. The van der Waals surface area contributed by atoms with E-state index >= 15 is 0 Å². The maximum Gasteiger partial charge on any atom is 0.222 e. The van der Waals surface area contributed by atoms with Crippen LogP contribution in [-0.4, -0.2) is 17.9 Å². The summed E-state index contributed by atoms with van der Waals surface area (Å²) in [4.78, 5) is 14.0. The minimum Gasteiger partial charge on any atom is -0.341 e. The Labute approximate surface area is 131 Å². The van der Waals surface area contributed by atoms with Crippen LogP contribution in [0.5, 0.6) is 0 Å². The number of nitrogens with zero attached hydrogens (tertiary/aromatic N) is 1. The highest BCUT2D eigenvalue weighted by Gasteiger charge is 2.19. The van der Waals surface area contributed by atoms with Crippen molar-refractivity contribution in [1.82, 2.24) is 4.90 Å². The van der Waals surface area contributed by atoms with Crippen LogP contribution in [0.25, 0.3) is 0 Å². The van der Waals surface area contributed by atoms with Gasteiger partial charge in [-0.2, -0.15) is 0 Å². The molecule has 0 saturated heterocycles. The molecular weight excluding hydrogens is 293 g/mol. The van der Waals surface area contributed by atoms with E-state index in [0.717, 1.165) is 5.56 Å². The second-order valence-electron chi connectivity index (χ2n) is 5.71. The largest absolute Gasteiger partial charge is 0.341 e. The maximum atomic E-state index is 12.2. The van der Waals surface area contributed by atoms with E-state index in [1.54, 1.807) is 11.0 Å². The molecule has 0 heterocycles. The molecule has 2 nitrogen and oxygen atoms in total. The number of hydrogen-bond acceptors (Lipinski definition) is 1. The van der Waals surface area contributed by atoms with Gasteiger partial charge in [-0.05, 0) is 36.5 Å². The van der Waals surface area contributed by atoms with Crippen molar-refractivity contribution >= 4 is 29.1 Å². The van der Waals surface area contributed by atoms with E-state index in [-0.39, 0.29) is 5.91 Å². The van der Waals surface area contributed by atoms with Crippen LogP contribution in [0.3, 0.4) is 0 Å². The molecule has 1 amide bonds. The van der Waals surface area contributed by atoms with E-state index in [1.807, 2.05) is 19.2 Å². The third kappa shape index (κ3) is 4.39. The zero-order valence-electron chi connectivity index (χ0n) is 11.9. The van der Waals surface area contributed by atoms with E-state index in [9.17, 15) is 4.79 Å². The zero-order valence-corrected chi connectivity index (χ0v) is 13.4. The van der Waals surface area contributed by atoms with Gasteiger partial charge in [-0.25, -0.2) is 0 Å².